The molecule has 5 rings (SSSR count). The molecule has 4 aromatic rings. The van der Waals surface area contributed by atoms with Gasteiger partial charge in [0, 0.05) is 40.2 Å². The van der Waals surface area contributed by atoms with Gasteiger partial charge in [0.05, 0.1) is 6.04 Å². The van der Waals surface area contributed by atoms with Crippen molar-refractivity contribution in [3.63, 3.8) is 0 Å². The van der Waals surface area contributed by atoms with E-state index in [1.165, 1.54) is 34.7 Å². The summed E-state index contributed by atoms with van der Waals surface area (Å²) in [5.41, 5.74) is 2.29. The Morgan fingerprint density at radius 1 is 0.923 bits per heavy atom. The number of Topliss-reactive ketones (excluding diaryl/α,β-unsaturated/α-hetero) is 1. The maximum absolute atomic E-state index is 12.5. The highest BCUT2D eigenvalue weighted by Crippen LogP contribution is 2.34. The second-order valence-electron chi connectivity index (χ2n) is 8.89. The van der Waals surface area contributed by atoms with Crippen LogP contribution in [0.3, 0.4) is 0 Å². The number of nitrogens with zero attached hydrogens (tertiary/aromatic N) is 1. The maximum atomic E-state index is 12.5. The van der Waals surface area contributed by atoms with Crippen molar-refractivity contribution in [2.45, 2.75) is 42.1 Å². The molecule has 0 unspecified atom stereocenters. The summed E-state index contributed by atoms with van der Waals surface area (Å²) >= 11 is 8.16. The number of hydrogen-bond donors (Lipinski definition) is 2. The van der Waals surface area contributed by atoms with E-state index >= 15 is 0 Å². The van der Waals surface area contributed by atoms with Crippen LogP contribution < -0.4 is 0 Å². The van der Waals surface area contributed by atoms with Gasteiger partial charge in [0.1, 0.15) is 9.79 Å². The highest BCUT2D eigenvalue weighted by molar-refractivity contribution is 7.86. The van der Waals surface area contributed by atoms with Crippen LogP contribution in [0.4, 0.5) is 0 Å². The van der Waals surface area contributed by atoms with Gasteiger partial charge in [-0.05, 0) is 47.2 Å². The van der Waals surface area contributed by atoms with Gasteiger partial charge in [-0.25, -0.2) is 0 Å². The van der Waals surface area contributed by atoms with Crippen molar-refractivity contribution in [3.05, 3.63) is 93.1 Å². The Labute approximate surface area is 236 Å². The molecule has 0 saturated carbocycles. The zero-order valence-electron chi connectivity index (χ0n) is 20.8. The van der Waals surface area contributed by atoms with Crippen LogP contribution in [0.1, 0.15) is 35.4 Å². The molecule has 1 aliphatic rings. The number of carbonyl (C=O) groups excluding carboxylic acids is 1. The second kappa shape index (κ2) is 11.8. The normalized spacial score (nSPS) is 14.8. The molecule has 0 radical (unpaired) electrons. The first-order valence-electron chi connectivity index (χ1n) is 11.9. The van der Waals surface area contributed by atoms with E-state index in [1.54, 1.807) is 0 Å². The minimum Gasteiger partial charge on any atom is -0.298 e. The molecule has 0 bridgehead atoms. The van der Waals surface area contributed by atoms with E-state index in [2.05, 4.69) is 16.3 Å². The van der Waals surface area contributed by atoms with Gasteiger partial charge < -0.3 is 0 Å². The zero-order chi connectivity index (χ0) is 28.4. The Morgan fingerprint density at radius 3 is 2.05 bits per heavy atom. The smallest absolute Gasteiger partial charge is 0.295 e. The number of rotatable bonds is 6. The fraction of sp³-hybridized carbons (Fsp3) is 0.222. The summed E-state index contributed by atoms with van der Waals surface area (Å²) in [6.07, 6.45) is 1.55. The van der Waals surface area contributed by atoms with E-state index in [1.807, 2.05) is 42.5 Å². The highest BCUT2D eigenvalue weighted by Gasteiger charge is 2.30. The molecular weight excluding hydrogens is 582 g/mol. The second-order valence-corrected chi connectivity index (χ2v) is 13.1. The van der Waals surface area contributed by atoms with E-state index in [9.17, 15) is 21.6 Å². The van der Waals surface area contributed by atoms with E-state index in [-0.39, 0.29) is 22.6 Å². The molecule has 1 atom stereocenters. The van der Waals surface area contributed by atoms with E-state index < -0.39 is 30.0 Å². The third-order valence-corrected chi connectivity index (χ3v) is 9.64. The Morgan fingerprint density at radius 2 is 1.51 bits per heavy atom. The first kappa shape index (κ1) is 29.3. The average molecular weight is 608 g/mol. The molecule has 39 heavy (non-hydrogen) atoms. The van der Waals surface area contributed by atoms with Gasteiger partial charge >= 0.3 is 0 Å². The maximum Gasteiger partial charge on any atom is 0.295 e. The van der Waals surface area contributed by atoms with E-state index in [4.69, 9.17) is 20.7 Å². The van der Waals surface area contributed by atoms with Crippen LogP contribution in [-0.4, -0.2) is 43.2 Å². The van der Waals surface area contributed by atoms with Crippen molar-refractivity contribution in [3.8, 4) is 0 Å². The lowest BCUT2D eigenvalue weighted by atomic mass is 9.96. The summed E-state index contributed by atoms with van der Waals surface area (Å²) in [4.78, 5) is 15.4. The summed E-state index contributed by atoms with van der Waals surface area (Å²) in [7, 11) is -8.94. The standard InChI is InChI=1S/C17H18ClNOS.C10H8O6S2/c1-2-15(20)17(13-5-3-4-6-14(13)18)19-9-7-16-12(11-19)8-10-21-16;11-17(12,13)9-5-1-3-7-8(9)4-2-6-10(7)18(14,15)16/h3-6,8,10,17H,2,7,9,11H2,1H3;1-6H,(H,11,12,13)(H,14,15,16)/t17-;/m0./s1. The fourth-order valence-electron chi connectivity index (χ4n) is 4.66. The summed E-state index contributed by atoms with van der Waals surface area (Å²) in [6.45, 7) is 3.67. The molecule has 2 N–H and O–H groups in total. The van der Waals surface area contributed by atoms with Crippen molar-refractivity contribution in [1.29, 1.82) is 0 Å². The number of fused-ring (bicyclic) bond motifs is 2. The van der Waals surface area contributed by atoms with E-state index in [0.717, 1.165) is 37.2 Å². The predicted molar refractivity (Wildman–Crippen MR) is 152 cm³/mol. The van der Waals surface area contributed by atoms with Crippen LogP contribution in [0.5, 0.6) is 0 Å². The quantitative estimate of drug-likeness (QED) is 0.263. The number of benzene rings is 3. The van der Waals surface area contributed by atoms with Gasteiger partial charge in [-0.3, -0.25) is 18.8 Å². The molecular formula is C27H26ClNO7S3. The van der Waals surface area contributed by atoms with Crippen LogP contribution in [0, 0.1) is 0 Å². The summed E-state index contributed by atoms with van der Waals surface area (Å²) in [5, 5.41) is 2.87. The molecule has 1 aromatic heterocycles. The Hall–Kier alpha value is -2.64. The van der Waals surface area contributed by atoms with Crippen molar-refractivity contribution in [1.82, 2.24) is 4.90 Å². The molecule has 12 heteroatoms. The number of carbonyl (C=O) groups is 1. The molecule has 0 spiro atoms. The molecule has 8 nitrogen and oxygen atoms in total. The molecule has 206 valence electrons. The topological polar surface area (TPSA) is 129 Å². The average Bonchev–Trinajstić information content (AvgIpc) is 3.36. The molecule has 0 fully saturated rings. The van der Waals surface area contributed by atoms with Crippen molar-refractivity contribution in [2.24, 2.45) is 0 Å². The first-order chi connectivity index (χ1) is 18.4. The minimum absolute atomic E-state index is 0.0233. The summed E-state index contributed by atoms with van der Waals surface area (Å²) in [5.74, 6) is 0.238. The van der Waals surface area contributed by atoms with Gasteiger partial charge in [-0.15, -0.1) is 11.3 Å². The third kappa shape index (κ3) is 6.58. The minimum atomic E-state index is -4.47. The monoisotopic (exact) mass is 607 g/mol. The molecule has 2 heterocycles. The Balaban J connectivity index is 0.000000183. The number of thiophene rings is 1. The lowest BCUT2D eigenvalue weighted by Crippen LogP contribution is -2.37. The molecule has 0 amide bonds. The molecule has 1 aliphatic heterocycles. The van der Waals surface area contributed by atoms with Gasteiger partial charge in [0.15, 0.2) is 5.78 Å². The number of halogens is 1. The predicted octanol–water partition coefficient (Wildman–Crippen LogP) is 5.81. The van der Waals surface area contributed by atoms with Crippen LogP contribution in [0.2, 0.25) is 5.02 Å². The highest BCUT2D eigenvalue weighted by atomic mass is 35.5. The third-order valence-electron chi connectivity index (χ3n) is 6.45. The summed E-state index contributed by atoms with van der Waals surface area (Å²) < 4.78 is 62.7. The van der Waals surface area contributed by atoms with Crippen LogP contribution in [0.25, 0.3) is 10.8 Å². The van der Waals surface area contributed by atoms with Gasteiger partial charge in [0.2, 0.25) is 0 Å². The zero-order valence-corrected chi connectivity index (χ0v) is 24.0. The van der Waals surface area contributed by atoms with Crippen LogP contribution in [-0.2, 0) is 38.0 Å². The van der Waals surface area contributed by atoms with Crippen molar-refractivity contribution < 1.29 is 30.7 Å². The fourth-order valence-corrected chi connectivity index (χ4v) is 7.20. The van der Waals surface area contributed by atoms with E-state index in [0.29, 0.717) is 11.4 Å². The Kier molecular flexibility index (Phi) is 8.91. The SMILES string of the molecule is CCC(=O)[C@H](c1ccccc1Cl)N1CCc2sccc2C1.O=S(=O)(O)c1cccc2c(S(=O)(=O)O)cccc12. The van der Waals surface area contributed by atoms with Gasteiger partial charge in [0.25, 0.3) is 20.2 Å². The van der Waals surface area contributed by atoms with Crippen LogP contribution >= 0.6 is 22.9 Å². The van der Waals surface area contributed by atoms with Gasteiger partial charge in [-0.2, -0.15) is 16.8 Å². The summed E-state index contributed by atoms with van der Waals surface area (Å²) in [6, 6.07) is 17.2. The van der Waals surface area contributed by atoms with Crippen LogP contribution in [0.15, 0.2) is 81.9 Å². The lowest BCUT2D eigenvalue weighted by molar-refractivity contribution is -0.124. The lowest BCUT2D eigenvalue weighted by Gasteiger charge is -2.34. The first-order valence-corrected chi connectivity index (χ1v) is 16.1. The number of hydrogen-bond acceptors (Lipinski definition) is 7. The Bertz CT molecular complexity index is 1660. The van der Waals surface area contributed by atoms with Crippen molar-refractivity contribution >= 4 is 59.7 Å². The molecule has 0 aliphatic carbocycles. The molecule has 0 saturated heterocycles. The number of ketones is 1. The molecule has 3 aromatic carbocycles. The van der Waals surface area contributed by atoms with Gasteiger partial charge in [-0.1, -0.05) is 61.0 Å². The largest absolute Gasteiger partial charge is 0.298 e. The van der Waals surface area contributed by atoms with Crippen molar-refractivity contribution in [2.75, 3.05) is 6.54 Å².